The van der Waals surface area contributed by atoms with Crippen molar-refractivity contribution in [2.45, 2.75) is 64.2 Å². The Morgan fingerprint density at radius 2 is 1.72 bits per heavy atom. The van der Waals surface area contributed by atoms with Gasteiger partial charge in [0.1, 0.15) is 24.0 Å². The van der Waals surface area contributed by atoms with Crippen LogP contribution in [0.2, 0.25) is 0 Å². The number of halogens is 6. The number of carbonyl (C=O) groups excluding carboxylic acids is 1. The average molecular weight is 557 g/mol. The van der Waals surface area contributed by atoms with E-state index in [1.165, 1.54) is 11.0 Å². The van der Waals surface area contributed by atoms with Gasteiger partial charge in [-0.3, -0.25) is 4.90 Å². The molecule has 7 nitrogen and oxygen atoms in total. The minimum Gasteiger partial charge on any atom is -0.488 e. The van der Waals surface area contributed by atoms with E-state index in [9.17, 15) is 31.1 Å². The Bertz CT molecular complexity index is 1310. The van der Waals surface area contributed by atoms with Gasteiger partial charge in [-0.05, 0) is 69.5 Å². The number of likely N-dealkylation sites (tertiary alicyclic amines) is 1. The molecule has 1 fully saturated rings. The van der Waals surface area contributed by atoms with Crippen molar-refractivity contribution in [3.63, 3.8) is 0 Å². The molecule has 1 atom stereocenters. The van der Waals surface area contributed by atoms with Crippen molar-refractivity contribution >= 4 is 6.09 Å². The summed E-state index contributed by atoms with van der Waals surface area (Å²) < 4.78 is 95.8. The molecule has 1 aromatic heterocycles. The minimum absolute atomic E-state index is 0.000945. The summed E-state index contributed by atoms with van der Waals surface area (Å²) in [6.07, 6.45) is -8.72. The molecule has 0 N–H and O–H groups in total. The summed E-state index contributed by atoms with van der Waals surface area (Å²) in [6.45, 7) is 5.22. The number of benzene rings is 2. The van der Waals surface area contributed by atoms with E-state index in [-0.39, 0.29) is 29.4 Å². The number of ether oxygens (including phenoxy) is 2. The Morgan fingerprint density at radius 3 is 2.33 bits per heavy atom. The lowest BCUT2D eigenvalue weighted by Gasteiger charge is -2.26. The second-order valence-electron chi connectivity index (χ2n) is 9.98. The number of aromatic nitrogens is 2. The lowest BCUT2D eigenvalue weighted by atomic mass is 10.1. The van der Waals surface area contributed by atoms with Crippen LogP contribution in [0.5, 0.6) is 5.75 Å². The molecule has 13 heteroatoms. The molecule has 3 aromatic rings. The van der Waals surface area contributed by atoms with E-state index in [2.05, 4.69) is 10.1 Å². The fourth-order valence-corrected chi connectivity index (χ4v) is 4.02. The number of alkyl halides is 6. The zero-order valence-electron chi connectivity index (χ0n) is 21.2. The maximum atomic E-state index is 13.9. The highest BCUT2D eigenvalue weighted by molar-refractivity contribution is 5.69. The fraction of sp³-hybridized carbons (Fsp3) is 0.423. The van der Waals surface area contributed by atoms with Gasteiger partial charge in [-0.25, -0.2) is 4.79 Å². The molecule has 1 aliphatic heterocycles. The van der Waals surface area contributed by atoms with Crippen LogP contribution in [0.1, 0.15) is 62.2 Å². The van der Waals surface area contributed by atoms with E-state index in [1.807, 2.05) is 0 Å². The molecule has 39 heavy (non-hydrogen) atoms. The van der Waals surface area contributed by atoms with Gasteiger partial charge in [0.15, 0.2) is 0 Å². The van der Waals surface area contributed by atoms with E-state index in [4.69, 9.17) is 14.0 Å². The van der Waals surface area contributed by atoms with Gasteiger partial charge in [-0.2, -0.15) is 31.3 Å². The second kappa shape index (κ2) is 10.4. The van der Waals surface area contributed by atoms with Gasteiger partial charge < -0.3 is 14.0 Å². The number of hydrogen-bond donors (Lipinski definition) is 0. The predicted molar refractivity (Wildman–Crippen MR) is 125 cm³/mol. The van der Waals surface area contributed by atoms with E-state index >= 15 is 0 Å². The first-order valence-electron chi connectivity index (χ1n) is 12.0. The largest absolute Gasteiger partial charge is 0.488 e. The zero-order chi connectivity index (χ0) is 28.6. The first-order valence-corrected chi connectivity index (χ1v) is 12.0. The van der Waals surface area contributed by atoms with Crippen LogP contribution in [0.4, 0.5) is 31.1 Å². The minimum atomic E-state index is -4.81. The summed E-state index contributed by atoms with van der Waals surface area (Å²) >= 11 is 0. The summed E-state index contributed by atoms with van der Waals surface area (Å²) in [5.41, 5.74) is -2.45. The van der Waals surface area contributed by atoms with E-state index in [0.717, 1.165) is 36.4 Å². The molecule has 1 unspecified atom stereocenters. The van der Waals surface area contributed by atoms with Crippen LogP contribution in [0, 0.1) is 0 Å². The van der Waals surface area contributed by atoms with Crippen LogP contribution in [0.3, 0.4) is 0 Å². The zero-order valence-corrected chi connectivity index (χ0v) is 21.2. The number of rotatable bonds is 5. The number of nitrogens with zero attached hydrogens (tertiary/aromatic N) is 3. The van der Waals surface area contributed by atoms with Crippen molar-refractivity contribution in [1.82, 2.24) is 15.0 Å². The molecule has 0 aliphatic carbocycles. The van der Waals surface area contributed by atoms with Crippen molar-refractivity contribution in [1.29, 1.82) is 0 Å². The molecule has 2 aromatic carbocycles. The summed E-state index contributed by atoms with van der Waals surface area (Å²) in [5.74, 6) is -0.549. The third-order valence-corrected chi connectivity index (χ3v) is 5.83. The second-order valence-corrected chi connectivity index (χ2v) is 9.98. The van der Waals surface area contributed by atoms with Gasteiger partial charge in [-0.15, -0.1) is 0 Å². The molecule has 0 bridgehead atoms. The van der Waals surface area contributed by atoms with Gasteiger partial charge in [0.25, 0.3) is 0 Å². The van der Waals surface area contributed by atoms with Crippen molar-refractivity contribution in [3.05, 3.63) is 65.0 Å². The van der Waals surface area contributed by atoms with Crippen LogP contribution in [-0.4, -0.2) is 33.3 Å². The molecule has 0 radical (unpaired) electrons. The molecule has 2 heterocycles. The maximum absolute atomic E-state index is 13.9. The third-order valence-electron chi connectivity index (χ3n) is 5.83. The number of amides is 1. The standard InChI is InChI=1S/C26H25F6N3O4/c1-24(2,3)38-23(36)35-12-4-5-19(35)22-33-21(34-39-22)16-8-11-20(18(13-16)26(30,31)32)37-14-15-6-9-17(10-7-15)25(27,28)29/h6-11,13,19H,4-5,12,14H2,1-3H3. The van der Waals surface area contributed by atoms with Crippen LogP contribution in [0.25, 0.3) is 11.4 Å². The predicted octanol–water partition coefficient (Wildman–Crippen LogP) is 7.43. The van der Waals surface area contributed by atoms with Crippen LogP contribution in [0.15, 0.2) is 47.0 Å². The molecular weight excluding hydrogens is 532 g/mol. The van der Waals surface area contributed by atoms with E-state index < -0.39 is 47.0 Å². The fourth-order valence-electron chi connectivity index (χ4n) is 4.02. The first-order chi connectivity index (χ1) is 18.1. The summed E-state index contributed by atoms with van der Waals surface area (Å²) in [7, 11) is 0. The highest BCUT2D eigenvalue weighted by Gasteiger charge is 2.38. The monoisotopic (exact) mass is 557 g/mol. The van der Waals surface area contributed by atoms with Crippen molar-refractivity contribution in [2.24, 2.45) is 0 Å². The summed E-state index contributed by atoms with van der Waals surface area (Å²) in [6, 6.07) is 6.55. The quantitative estimate of drug-likeness (QED) is 0.304. The summed E-state index contributed by atoms with van der Waals surface area (Å²) in [4.78, 5) is 18.2. The average Bonchev–Trinajstić information content (AvgIpc) is 3.50. The van der Waals surface area contributed by atoms with Crippen molar-refractivity contribution < 1.29 is 45.1 Å². The topological polar surface area (TPSA) is 77.7 Å². The normalized spacial score (nSPS) is 16.4. The molecule has 1 amide bonds. The molecular formula is C26H25F6N3O4. The van der Waals surface area contributed by atoms with Crippen LogP contribution in [-0.2, 0) is 23.7 Å². The van der Waals surface area contributed by atoms with Gasteiger partial charge in [0.2, 0.25) is 11.7 Å². The SMILES string of the molecule is CC(C)(C)OC(=O)N1CCCC1c1nc(-c2ccc(OCc3ccc(C(F)(F)F)cc3)c(C(F)(F)F)c2)no1. The smallest absolute Gasteiger partial charge is 0.419 e. The Kier molecular flexibility index (Phi) is 7.55. The Balaban J connectivity index is 1.53. The Labute approximate surface area is 219 Å². The highest BCUT2D eigenvalue weighted by atomic mass is 19.4. The van der Waals surface area contributed by atoms with Crippen molar-refractivity contribution in [2.75, 3.05) is 6.54 Å². The highest BCUT2D eigenvalue weighted by Crippen LogP contribution is 2.40. The molecule has 0 spiro atoms. The van der Waals surface area contributed by atoms with Crippen molar-refractivity contribution in [3.8, 4) is 17.1 Å². The molecule has 0 saturated carbocycles. The summed E-state index contributed by atoms with van der Waals surface area (Å²) in [5, 5.41) is 3.81. The van der Waals surface area contributed by atoms with Gasteiger partial charge in [-0.1, -0.05) is 17.3 Å². The van der Waals surface area contributed by atoms with Gasteiger partial charge in [0.05, 0.1) is 11.1 Å². The molecule has 1 aliphatic rings. The van der Waals surface area contributed by atoms with Gasteiger partial charge >= 0.3 is 18.4 Å². The van der Waals surface area contributed by atoms with E-state index in [0.29, 0.717) is 19.4 Å². The lowest BCUT2D eigenvalue weighted by molar-refractivity contribution is -0.139. The Morgan fingerprint density at radius 1 is 1.03 bits per heavy atom. The van der Waals surface area contributed by atoms with E-state index in [1.54, 1.807) is 20.8 Å². The third kappa shape index (κ3) is 6.82. The first kappa shape index (κ1) is 28.2. The van der Waals surface area contributed by atoms with Gasteiger partial charge in [0, 0.05) is 12.1 Å². The number of hydrogen-bond acceptors (Lipinski definition) is 6. The molecule has 210 valence electrons. The van der Waals surface area contributed by atoms with Crippen LogP contribution < -0.4 is 4.74 Å². The molecule has 4 rings (SSSR count). The Hall–Kier alpha value is -3.77. The van der Waals surface area contributed by atoms with Crippen LogP contribution >= 0.6 is 0 Å². The number of carbonyl (C=O) groups is 1. The molecule has 1 saturated heterocycles. The lowest BCUT2D eigenvalue weighted by Crippen LogP contribution is -2.36. The maximum Gasteiger partial charge on any atom is 0.419 e.